The minimum atomic E-state index is -0.103. The van der Waals surface area contributed by atoms with Crippen LogP contribution in [0.3, 0.4) is 0 Å². The van der Waals surface area contributed by atoms with Gasteiger partial charge in [0.25, 0.3) is 5.89 Å². The molecule has 2 aromatic heterocycles. The summed E-state index contributed by atoms with van der Waals surface area (Å²) < 4.78 is 18.9. The molecule has 0 spiro atoms. The van der Waals surface area contributed by atoms with Gasteiger partial charge in [-0.3, -0.25) is 0 Å². The monoisotopic (exact) mass is 403 g/mol. The molecule has 0 amide bonds. The maximum absolute atomic E-state index is 6.08. The summed E-state index contributed by atoms with van der Waals surface area (Å²) in [5.41, 5.74) is 4.53. The van der Waals surface area contributed by atoms with E-state index < -0.39 is 0 Å². The van der Waals surface area contributed by atoms with Crippen molar-refractivity contribution in [1.82, 2.24) is 25.1 Å². The molecule has 3 heterocycles. The molecule has 0 bridgehead atoms. The molecule has 0 unspecified atom stereocenters. The summed E-state index contributed by atoms with van der Waals surface area (Å²) in [6.45, 7) is 5.58. The molecule has 0 N–H and O–H groups in total. The number of ether oxygens (including phenoxy) is 2. The minimum absolute atomic E-state index is 0.103. The highest BCUT2D eigenvalue weighted by molar-refractivity contribution is 5.59. The first kappa shape index (κ1) is 18.5. The third kappa shape index (κ3) is 3.46. The Morgan fingerprint density at radius 1 is 1.10 bits per heavy atom. The third-order valence-corrected chi connectivity index (χ3v) is 5.10. The van der Waals surface area contributed by atoms with Gasteiger partial charge in [0.2, 0.25) is 5.82 Å². The fourth-order valence-electron chi connectivity index (χ4n) is 3.46. The quantitative estimate of drug-likeness (QED) is 0.498. The van der Waals surface area contributed by atoms with Crippen LogP contribution < -0.4 is 4.74 Å². The molecule has 0 fully saturated rings. The van der Waals surface area contributed by atoms with Gasteiger partial charge in [-0.25, -0.2) is 4.68 Å². The number of hydrogen-bond acceptors (Lipinski definition) is 7. The molecule has 4 aromatic rings. The molecule has 1 atom stereocenters. The van der Waals surface area contributed by atoms with Gasteiger partial charge in [-0.2, -0.15) is 4.98 Å². The van der Waals surface area contributed by atoms with Crippen molar-refractivity contribution in [2.24, 2.45) is 0 Å². The highest BCUT2D eigenvalue weighted by Gasteiger charge is 2.28. The highest BCUT2D eigenvalue weighted by atomic mass is 16.5. The lowest BCUT2D eigenvalue weighted by Crippen LogP contribution is -2.22. The lowest BCUT2D eigenvalue weighted by molar-refractivity contribution is -0.00119. The minimum Gasteiger partial charge on any atom is -0.494 e. The van der Waals surface area contributed by atoms with Crippen LogP contribution in [0.4, 0.5) is 0 Å². The predicted molar refractivity (Wildman–Crippen MR) is 109 cm³/mol. The van der Waals surface area contributed by atoms with E-state index in [1.807, 2.05) is 67.1 Å². The van der Waals surface area contributed by atoms with Crippen LogP contribution in [0.1, 0.15) is 29.8 Å². The number of benzene rings is 2. The van der Waals surface area contributed by atoms with Crippen LogP contribution in [0.5, 0.6) is 5.75 Å². The van der Waals surface area contributed by atoms with E-state index in [2.05, 4.69) is 20.5 Å². The number of fused-ring (bicyclic) bond motifs is 1. The summed E-state index contributed by atoms with van der Waals surface area (Å²) >= 11 is 0. The van der Waals surface area contributed by atoms with E-state index >= 15 is 0 Å². The zero-order valence-electron chi connectivity index (χ0n) is 16.8. The zero-order valence-corrected chi connectivity index (χ0v) is 16.8. The zero-order chi connectivity index (χ0) is 20.5. The van der Waals surface area contributed by atoms with Crippen LogP contribution in [0.2, 0.25) is 0 Å². The molecule has 5 rings (SSSR count). The average Bonchev–Trinajstić information content (AvgIpc) is 3.42. The van der Waals surface area contributed by atoms with Gasteiger partial charge in [0.15, 0.2) is 5.69 Å². The SMILES string of the molecule is CCOc1ccc([C@H]2Cn3nnc(-c4nc(-c5ccc(C)cc5)no4)c3CO2)cc1. The topological polar surface area (TPSA) is 88.1 Å². The molecule has 2 aromatic carbocycles. The molecular formula is C22H21N5O3. The van der Waals surface area contributed by atoms with E-state index in [1.54, 1.807) is 0 Å². The summed E-state index contributed by atoms with van der Waals surface area (Å²) in [5.74, 6) is 1.72. The number of aryl methyl sites for hydroxylation is 1. The van der Waals surface area contributed by atoms with Gasteiger partial charge in [-0.15, -0.1) is 5.10 Å². The van der Waals surface area contributed by atoms with Crippen LogP contribution in [0.25, 0.3) is 23.0 Å². The van der Waals surface area contributed by atoms with Crippen molar-refractivity contribution in [3.05, 3.63) is 65.4 Å². The van der Waals surface area contributed by atoms with E-state index in [-0.39, 0.29) is 6.10 Å². The second kappa shape index (κ2) is 7.72. The number of hydrogen-bond donors (Lipinski definition) is 0. The van der Waals surface area contributed by atoms with Crippen molar-refractivity contribution in [3.63, 3.8) is 0 Å². The standard InChI is InChI=1S/C22H21N5O3/c1-3-28-17-10-8-15(9-11-17)19-12-27-18(13-29-19)20(24-26-27)22-23-21(25-30-22)16-6-4-14(2)5-7-16/h4-11,19H,3,12-13H2,1-2H3/t19-/m1/s1. The summed E-state index contributed by atoms with van der Waals surface area (Å²) in [7, 11) is 0. The lowest BCUT2D eigenvalue weighted by atomic mass is 10.1. The van der Waals surface area contributed by atoms with Crippen molar-refractivity contribution in [2.75, 3.05) is 6.61 Å². The van der Waals surface area contributed by atoms with Gasteiger partial charge < -0.3 is 14.0 Å². The van der Waals surface area contributed by atoms with Crippen molar-refractivity contribution >= 4 is 0 Å². The first-order chi connectivity index (χ1) is 14.7. The Hall–Kier alpha value is -3.52. The number of rotatable bonds is 5. The molecule has 1 aliphatic rings. The molecule has 1 aliphatic heterocycles. The normalized spacial score (nSPS) is 15.7. The van der Waals surface area contributed by atoms with Crippen LogP contribution in [-0.2, 0) is 17.9 Å². The van der Waals surface area contributed by atoms with E-state index in [4.69, 9.17) is 14.0 Å². The van der Waals surface area contributed by atoms with Crippen molar-refractivity contribution in [2.45, 2.75) is 33.1 Å². The van der Waals surface area contributed by atoms with Crippen molar-refractivity contribution in [3.8, 4) is 28.7 Å². The van der Waals surface area contributed by atoms with Crippen LogP contribution >= 0.6 is 0 Å². The largest absolute Gasteiger partial charge is 0.494 e. The molecular weight excluding hydrogens is 382 g/mol. The highest BCUT2D eigenvalue weighted by Crippen LogP contribution is 2.31. The second-order valence-corrected chi connectivity index (χ2v) is 7.16. The summed E-state index contributed by atoms with van der Waals surface area (Å²) in [4.78, 5) is 4.50. The number of aromatic nitrogens is 5. The van der Waals surface area contributed by atoms with Gasteiger partial charge in [0, 0.05) is 5.56 Å². The fourth-order valence-corrected chi connectivity index (χ4v) is 3.46. The van der Waals surface area contributed by atoms with E-state index in [0.717, 1.165) is 22.6 Å². The maximum atomic E-state index is 6.08. The third-order valence-electron chi connectivity index (χ3n) is 5.10. The molecule has 30 heavy (non-hydrogen) atoms. The molecule has 0 radical (unpaired) electrons. The average molecular weight is 403 g/mol. The molecule has 152 valence electrons. The second-order valence-electron chi connectivity index (χ2n) is 7.16. The van der Waals surface area contributed by atoms with Crippen LogP contribution in [0.15, 0.2) is 53.1 Å². The van der Waals surface area contributed by atoms with Crippen molar-refractivity contribution < 1.29 is 14.0 Å². The van der Waals surface area contributed by atoms with Gasteiger partial charge in [-0.1, -0.05) is 52.3 Å². The molecule has 8 heteroatoms. The van der Waals surface area contributed by atoms with Crippen LogP contribution in [0, 0.1) is 6.92 Å². The summed E-state index contributed by atoms with van der Waals surface area (Å²) in [6, 6.07) is 15.9. The summed E-state index contributed by atoms with van der Waals surface area (Å²) in [5, 5.41) is 12.6. The van der Waals surface area contributed by atoms with Gasteiger partial charge in [0.1, 0.15) is 11.9 Å². The first-order valence-electron chi connectivity index (χ1n) is 9.89. The Morgan fingerprint density at radius 2 is 1.90 bits per heavy atom. The summed E-state index contributed by atoms with van der Waals surface area (Å²) in [6.07, 6.45) is -0.103. The van der Waals surface area contributed by atoms with Crippen molar-refractivity contribution in [1.29, 1.82) is 0 Å². The number of nitrogens with zero attached hydrogens (tertiary/aromatic N) is 5. The van der Waals surface area contributed by atoms with E-state index in [1.165, 1.54) is 5.56 Å². The first-order valence-corrected chi connectivity index (χ1v) is 9.89. The molecule has 8 nitrogen and oxygen atoms in total. The predicted octanol–water partition coefficient (Wildman–Crippen LogP) is 3.97. The molecule has 0 aliphatic carbocycles. The Bertz CT molecular complexity index is 1150. The van der Waals surface area contributed by atoms with E-state index in [9.17, 15) is 0 Å². The fraction of sp³-hybridized carbons (Fsp3) is 0.273. The maximum Gasteiger partial charge on any atom is 0.280 e. The Kier molecular flexibility index (Phi) is 4.76. The smallest absolute Gasteiger partial charge is 0.280 e. The van der Waals surface area contributed by atoms with E-state index in [0.29, 0.717) is 37.2 Å². The molecule has 0 saturated carbocycles. The molecule has 0 saturated heterocycles. The van der Waals surface area contributed by atoms with Gasteiger partial charge in [-0.05, 0) is 31.5 Å². The Balaban J connectivity index is 1.36. The van der Waals surface area contributed by atoms with Crippen LogP contribution in [-0.4, -0.2) is 31.7 Å². The lowest BCUT2D eigenvalue weighted by Gasteiger charge is -2.24. The van der Waals surface area contributed by atoms with Gasteiger partial charge in [0.05, 0.1) is 25.5 Å². The Morgan fingerprint density at radius 3 is 2.67 bits per heavy atom. The Labute approximate surface area is 173 Å². The van der Waals surface area contributed by atoms with Gasteiger partial charge >= 0.3 is 0 Å².